The number of amides is 1. The van der Waals surface area contributed by atoms with Crippen molar-refractivity contribution >= 4 is 5.91 Å². The van der Waals surface area contributed by atoms with Gasteiger partial charge in [-0.25, -0.2) is 0 Å². The highest BCUT2D eigenvalue weighted by Crippen LogP contribution is 2.22. The van der Waals surface area contributed by atoms with Gasteiger partial charge in [-0.05, 0) is 50.5 Å². The number of benzene rings is 1. The summed E-state index contributed by atoms with van der Waals surface area (Å²) in [4.78, 5) is 26.3. The van der Waals surface area contributed by atoms with Crippen molar-refractivity contribution in [3.05, 3.63) is 69.6 Å². The summed E-state index contributed by atoms with van der Waals surface area (Å²) < 4.78 is 1.71. The summed E-state index contributed by atoms with van der Waals surface area (Å²) in [6.07, 6.45) is 1.21. The van der Waals surface area contributed by atoms with Crippen molar-refractivity contribution in [2.45, 2.75) is 38.8 Å². The molecule has 1 N–H and O–H groups in total. The number of aryl methyl sites for hydroxylation is 1. The van der Waals surface area contributed by atoms with E-state index >= 15 is 0 Å². The molecule has 1 fully saturated rings. The number of hydrogen-bond donors (Lipinski definition) is 1. The summed E-state index contributed by atoms with van der Waals surface area (Å²) in [6, 6.07) is 12.6. The van der Waals surface area contributed by atoms with Crippen LogP contribution < -0.4 is 5.56 Å². The fourth-order valence-corrected chi connectivity index (χ4v) is 3.14. The summed E-state index contributed by atoms with van der Waals surface area (Å²) in [5.74, 6) is -0.00453. The third-order valence-electron chi connectivity index (χ3n) is 4.94. The number of carbonyl (C=O) groups excluding carboxylic acids is 1. The summed E-state index contributed by atoms with van der Waals surface area (Å²) in [5.41, 5.74) is 1.84. The van der Waals surface area contributed by atoms with Gasteiger partial charge in [0.05, 0.1) is 12.1 Å². The Morgan fingerprint density at radius 2 is 1.76 bits per heavy atom. The first-order valence-electron chi connectivity index (χ1n) is 8.63. The minimum Gasteiger partial charge on any atom is -0.390 e. The van der Waals surface area contributed by atoms with Gasteiger partial charge in [-0.15, -0.1) is 0 Å². The fraction of sp³-hybridized carbons (Fsp3) is 0.400. The van der Waals surface area contributed by atoms with Crippen molar-refractivity contribution in [2.24, 2.45) is 0 Å². The molecule has 2 aromatic rings. The van der Waals surface area contributed by atoms with E-state index in [2.05, 4.69) is 0 Å². The maximum Gasteiger partial charge on any atom is 0.253 e. The van der Waals surface area contributed by atoms with Gasteiger partial charge in [0, 0.05) is 30.4 Å². The minimum atomic E-state index is -0.665. The van der Waals surface area contributed by atoms with Gasteiger partial charge < -0.3 is 14.6 Å². The van der Waals surface area contributed by atoms with E-state index in [-0.39, 0.29) is 11.5 Å². The van der Waals surface area contributed by atoms with Crippen molar-refractivity contribution in [2.75, 3.05) is 13.1 Å². The van der Waals surface area contributed by atoms with E-state index in [1.54, 1.807) is 21.6 Å². The predicted octanol–water partition coefficient (Wildman–Crippen LogP) is 2.19. The molecule has 1 aromatic carbocycles. The van der Waals surface area contributed by atoms with Crippen LogP contribution in [0.5, 0.6) is 0 Å². The zero-order chi connectivity index (χ0) is 18.0. The smallest absolute Gasteiger partial charge is 0.253 e. The first-order chi connectivity index (χ1) is 11.9. The number of carbonyl (C=O) groups is 1. The first-order valence-corrected chi connectivity index (χ1v) is 8.63. The number of aliphatic hydroxyl groups is 1. The Hall–Kier alpha value is -2.40. The average molecular weight is 340 g/mol. The largest absolute Gasteiger partial charge is 0.390 e. The van der Waals surface area contributed by atoms with Crippen LogP contribution in [0.2, 0.25) is 0 Å². The van der Waals surface area contributed by atoms with Crippen LogP contribution in [0.3, 0.4) is 0 Å². The second-order valence-corrected chi connectivity index (χ2v) is 7.08. The van der Waals surface area contributed by atoms with Crippen LogP contribution in [0.4, 0.5) is 0 Å². The quantitative estimate of drug-likeness (QED) is 0.932. The molecule has 0 unspecified atom stereocenters. The Morgan fingerprint density at radius 3 is 2.36 bits per heavy atom. The molecule has 1 aliphatic rings. The third kappa shape index (κ3) is 3.99. The summed E-state index contributed by atoms with van der Waals surface area (Å²) in [7, 11) is 0. The molecule has 1 aliphatic heterocycles. The Kier molecular flexibility index (Phi) is 4.77. The highest BCUT2D eigenvalue weighted by atomic mass is 16.3. The van der Waals surface area contributed by atoms with Gasteiger partial charge in [-0.2, -0.15) is 0 Å². The van der Waals surface area contributed by atoms with Gasteiger partial charge in [0.1, 0.15) is 0 Å². The molecule has 3 rings (SSSR count). The lowest BCUT2D eigenvalue weighted by atomic mass is 9.93. The predicted molar refractivity (Wildman–Crippen MR) is 96.7 cm³/mol. The van der Waals surface area contributed by atoms with Crippen molar-refractivity contribution in [1.29, 1.82) is 0 Å². The second-order valence-electron chi connectivity index (χ2n) is 7.08. The van der Waals surface area contributed by atoms with Crippen LogP contribution in [-0.2, 0) is 6.54 Å². The molecule has 5 nitrogen and oxygen atoms in total. The van der Waals surface area contributed by atoms with Gasteiger partial charge in [-0.3, -0.25) is 9.59 Å². The molecule has 0 spiro atoms. The molecule has 132 valence electrons. The number of rotatable bonds is 3. The number of likely N-dealkylation sites (tertiary alicyclic amines) is 1. The summed E-state index contributed by atoms with van der Waals surface area (Å²) in [5, 5.41) is 10.0. The normalized spacial score (nSPS) is 16.7. The van der Waals surface area contributed by atoms with E-state index in [9.17, 15) is 14.7 Å². The molecular weight excluding hydrogens is 316 g/mol. The molecule has 5 heteroatoms. The molecule has 0 radical (unpaired) electrons. The lowest BCUT2D eigenvalue weighted by Gasteiger charge is -2.35. The van der Waals surface area contributed by atoms with Gasteiger partial charge in [0.15, 0.2) is 0 Å². The Morgan fingerprint density at radius 1 is 1.12 bits per heavy atom. The standard InChI is InChI=1S/C20H24N2O3/c1-15-4-3-5-18(23)22(15)14-16-6-8-17(9-7-16)19(24)21-12-10-20(2,25)11-13-21/h3-9,25H,10-14H2,1-2H3. The van der Waals surface area contributed by atoms with Gasteiger partial charge in [0.25, 0.3) is 11.5 Å². The summed E-state index contributed by atoms with van der Waals surface area (Å²) >= 11 is 0. The van der Waals surface area contributed by atoms with Gasteiger partial charge >= 0.3 is 0 Å². The maximum atomic E-state index is 12.6. The van der Waals surface area contributed by atoms with E-state index < -0.39 is 5.60 Å². The van der Waals surface area contributed by atoms with Crippen LogP contribution in [0, 0.1) is 6.92 Å². The van der Waals surface area contributed by atoms with Crippen molar-refractivity contribution in [1.82, 2.24) is 9.47 Å². The molecule has 1 aromatic heterocycles. The van der Waals surface area contributed by atoms with E-state index in [1.807, 2.05) is 44.2 Å². The van der Waals surface area contributed by atoms with Gasteiger partial charge in [-0.1, -0.05) is 18.2 Å². The lowest BCUT2D eigenvalue weighted by Crippen LogP contribution is -2.45. The Balaban J connectivity index is 1.70. The van der Waals surface area contributed by atoms with Crippen LogP contribution in [0.25, 0.3) is 0 Å². The Labute approximate surface area is 147 Å². The molecule has 0 bridgehead atoms. The number of aromatic nitrogens is 1. The lowest BCUT2D eigenvalue weighted by molar-refractivity contribution is -0.00202. The highest BCUT2D eigenvalue weighted by molar-refractivity contribution is 5.94. The van der Waals surface area contributed by atoms with Crippen LogP contribution in [0.15, 0.2) is 47.3 Å². The zero-order valence-electron chi connectivity index (χ0n) is 14.7. The monoisotopic (exact) mass is 340 g/mol. The topological polar surface area (TPSA) is 62.5 Å². The van der Waals surface area contributed by atoms with E-state index in [0.29, 0.717) is 38.0 Å². The van der Waals surface area contributed by atoms with Crippen LogP contribution in [-0.4, -0.2) is 39.2 Å². The van der Waals surface area contributed by atoms with E-state index in [1.165, 1.54) is 0 Å². The molecule has 0 atom stereocenters. The fourth-order valence-electron chi connectivity index (χ4n) is 3.14. The molecule has 2 heterocycles. The number of piperidine rings is 1. The maximum absolute atomic E-state index is 12.6. The van der Waals surface area contributed by atoms with Crippen LogP contribution >= 0.6 is 0 Å². The SMILES string of the molecule is Cc1cccc(=O)n1Cc1ccc(C(=O)N2CCC(C)(O)CC2)cc1. The van der Waals surface area contributed by atoms with Crippen molar-refractivity contribution in [3.8, 4) is 0 Å². The molecular formula is C20H24N2O3. The van der Waals surface area contributed by atoms with Crippen molar-refractivity contribution < 1.29 is 9.90 Å². The molecule has 0 saturated carbocycles. The van der Waals surface area contributed by atoms with E-state index in [0.717, 1.165) is 11.3 Å². The zero-order valence-corrected chi connectivity index (χ0v) is 14.7. The highest BCUT2D eigenvalue weighted by Gasteiger charge is 2.29. The van der Waals surface area contributed by atoms with Crippen molar-refractivity contribution in [3.63, 3.8) is 0 Å². The number of nitrogens with zero attached hydrogens (tertiary/aromatic N) is 2. The van der Waals surface area contributed by atoms with E-state index in [4.69, 9.17) is 0 Å². The molecule has 0 aliphatic carbocycles. The molecule has 1 amide bonds. The average Bonchev–Trinajstić information content (AvgIpc) is 2.58. The number of hydrogen-bond acceptors (Lipinski definition) is 3. The van der Waals surface area contributed by atoms with Crippen LogP contribution in [0.1, 0.15) is 41.4 Å². The second kappa shape index (κ2) is 6.84. The minimum absolute atomic E-state index is 0.00453. The number of pyridine rings is 1. The third-order valence-corrected chi connectivity index (χ3v) is 4.94. The molecule has 25 heavy (non-hydrogen) atoms. The molecule has 1 saturated heterocycles. The first kappa shape index (κ1) is 17.4. The summed E-state index contributed by atoms with van der Waals surface area (Å²) in [6.45, 7) is 5.37. The van der Waals surface area contributed by atoms with Gasteiger partial charge in [0.2, 0.25) is 0 Å². The Bertz CT molecular complexity index is 812.